The fraction of sp³-hybridized carbons (Fsp3) is 1.00. The maximum atomic E-state index is 4.84. The van der Waals surface area contributed by atoms with Crippen molar-refractivity contribution in [2.75, 3.05) is 5.75 Å². The van der Waals surface area contributed by atoms with E-state index in [2.05, 4.69) is 13.8 Å². The van der Waals surface area contributed by atoms with E-state index in [1.807, 2.05) is 0 Å². The van der Waals surface area contributed by atoms with Crippen LogP contribution in [0.4, 0.5) is 0 Å². The molecule has 1 unspecified atom stereocenters. The van der Waals surface area contributed by atoms with E-state index in [-0.39, 0.29) is 0 Å². The zero-order valence-electron chi connectivity index (χ0n) is 6.52. The second-order valence-electron chi connectivity index (χ2n) is 2.71. The van der Waals surface area contributed by atoms with Gasteiger partial charge in [0.05, 0.1) is 0 Å². The van der Waals surface area contributed by atoms with Crippen LogP contribution in [0.5, 0.6) is 0 Å². The van der Waals surface area contributed by atoms with Crippen LogP contribution in [0, 0.1) is 5.92 Å². The Morgan fingerprint density at radius 1 is 1.33 bits per heavy atom. The van der Waals surface area contributed by atoms with Crippen molar-refractivity contribution in [3.05, 3.63) is 0 Å². The molecule has 0 aliphatic rings. The minimum atomic E-state index is 0.909. The fourth-order valence-electron chi connectivity index (χ4n) is 0.799. The van der Waals surface area contributed by atoms with E-state index < -0.39 is 0 Å². The molecule has 0 heterocycles. The third kappa shape index (κ3) is 6.23. The minimum Gasteiger partial charge on any atom is -0.0942 e. The van der Waals surface area contributed by atoms with Crippen LogP contribution in [0.1, 0.15) is 39.5 Å². The maximum Gasteiger partial charge on any atom is 0.00369 e. The summed E-state index contributed by atoms with van der Waals surface area (Å²) in [5.74, 6) is 1.85. The van der Waals surface area contributed by atoms with Crippen LogP contribution in [0.3, 0.4) is 0 Å². The van der Waals surface area contributed by atoms with Crippen LogP contribution in [0.15, 0.2) is 0 Å². The molecule has 0 rings (SSSR count). The van der Waals surface area contributed by atoms with Crippen molar-refractivity contribution in [2.45, 2.75) is 39.5 Å². The van der Waals surface area contributed by atoms with Gasteiger partial charge in [-0.2, -0.15) is 0 Å². The molecule has 0 amide bonds. The summed E-state index contributed by atoms with van der Waals surface area (Å²) in [7, 11) is 0. The molecule has 0 aromatic carbocycles. The van der Waals surface area contributed by atoms with Gasteiger partial charge in [-0.15, -0.1) is 0 Å². The van der Waals surface area contributed by atoms with Crippen molar-refractivity contribution < 1.29 is 0 Å². The molecule has 0 aliphatic carbocycles. The molecule has 0 fully saturated rings. The third-order valence-corrected chi connectivity index (χ3v) is 2.08. The SMILES string of the molecule is CCC(C)CCCC[S]. The lowest BCUT2D eigenvalue weighted by Crippen LogP contribution is -1.91. The Kier molecular flexibility index (Phi) is 6.72. The molecule has 0 saturated heterocycles. The quantitative estimate of drug-likeness (QED) is 0.520. The topological polar surface area (TPSA) is 0 Å². The Morgan fingerprint density at radius 2 is 2.00 bits per heavy atom. The molecule has 9 heavy (non-hydrogen) atoms. The standard InChI is InChI=1S/C8H17S/c1-3-8(2)6-4-5-7-9/h8H,3-7H2,1-2H3. The Morgan fingerprint density at radius 3 is 2.44 bits per heavy atom. The summed E-state index contributed by atoms with van der Waals surface area (Å²) >= 11 is 4.84. The monoisotopic (exact) mass is 145 g/mol. The van der Waals surface area contributed by atoms with Gasteiger partial charge in [-0.25, -0.2) is 0 Å². The maximum absolute atomic E-state index is 4.84. The average molecular weight is 145 g/mol. The number of unbranched alkanes of at least 4 members (excludes halogenated alkanes) is 1. The van der Waals surface area contributed by atoms with E-state index in [1.54, 1.807) is 0 Å². The van der Waals surface area contributed by atoms with Gasteiger partial charge in [0.2, 0.25) is 0 Å². The molecular weight excluding hydrogens is 128 g/mol. The molecule has 0 bridgehead atoms. The predicted octanol–water partition coefficient (Wildman–Crippen LogP) is 3.40. The van der Waals surface area contributed by atoms with Crippen LogP contribution in [0.25, 0.3) is 0 Å². The van der Waals surface area contributed by atoms with Gasteiger partial charge in [0.1, 0.15) is 0 Å². The van der Waals surface area contributed by atoms with E-state index in [0.717, 1.165) is 11.7 Å². The van der Waals surface area contributed by atoms with Crippen LogP contribution < -0.4 is 0 Å². The molecule has 0 spiro atoms. The lowest BCUT2D eigenvalue weighted by atomic mass is 10.0. The number of rotatable bonds is 5. The number of hydrogen-bond donors (Lipinski definition) is 0. The molecule has 0 aromatic heterocycles. The molecule has 1 radical (unpaired) electrons. The zero-order valence-corrected chi connectivity index (χ0v) is 7.34. The van der Waals surface area contributed by atoms with Crippen LogP contribution in [0.2, 0.25) is 0 Å². The summed E-state index contributed by atoms with van der Waals surface area (Å²) < 4.78 is 0. The van der Waals surface area contributed by atoms with Gasteiger partial charge >= 0.3 is 0 Å². The highest BCUT2D eigenvalue weighted by Gasteiger charge is 1.96. The van der Waals surface area contributed by atoms with E-state index in [4.69, 9.17) is 12.6 Å². The first-order valence-corrected chi connectivity index (χ1v) is 4.47. The van der Waals surface area contributed by atoms with Crippen molar-refractivity contribution in [3.8, 4) is 0 Å². The van der Waals surface area contributed by atoms with Gasteiger partial charge in [0.15, 0.2) is 0 Å². The first-order valence-electron chi connectivity index (χ1n) is 3.89. The predicted molar refractivity (Wildman–Crippen MR) is 45.8 cm³/mol. The van der Waals surface area contributed by atoms with Crippen LogP contribution >= 0.6 is 12.6 Å². The van der Waals surface area contributed by atoms with Gasteiger partial charge in [-0.3, -0.25) is 0 Å². The molecule has 0 aliphatic heterocycles. The molecule has 0 saturated carbocycles. The molecule has 55 valence electrons. The Balaban J connectivity index is 2.88. The summed E-state index contributed by atoms with van der Waals surface area (Å²) in [6.07, 6.45) is 5.25. The van der Waals surface area contributed by atoms with Crippen LogP contribution in [-0.2, 0) is 0 Å². The van der Waals surface area contributed by atoms with Crippen LogP contribution in [-0.4, -0.2) is 5.75 Å². The van der Waals surface area contributed by atoms with E-state index in [1.165, 1.54) is 25.7 Å². The van der Waals surface area contributed by atoms with Gasteiger partial charge < -0.3 is 0 Å². The Labute approximate surface area is 64.4 Å². The lowest BCUT2D eigenvalue weighted by molar-refractivity contribution is 0.493. The molecule has 0 aromatic rings. The summed E-state index contributed by atoms with van der Waals surface area (Å²) in [6.45, 7) is 4.56. The normalized spacial score (nSPS) is 13.7. The largest absolute Gasteiger partial charge is 0.0942 e. The number of hydrogen-bond acceptors (Lipinski definition) is 0. The zero-order chi connectivity index (χ0) is 7.11. The van der Waals surface area contributed by atoms with E-state index in [9.17, 15) is 0 Å². The van der Waals surface area contributed by atoms with Gasteiger partial charge in [0, 0.05) is 5.75 Å². The smallest absolute Gasteiger partial charge is 0.00369 e. The van der Waals surface area contributed by atoms with Crippen molar-refractivity contribution in [1.29, 1.82) is 0 Å². The first-order chi connectivity index (χ1) is 4.31. The second kappa shape index (κ2) is 6.47. The van der Waals surface area contributed by atoms with E-state index >= 15 is 0 Å². The van der Waals surface area contributed by atoms with Gasteiger partial charge in [-0.1, -0.05) is 45.7 Å². The fourth-order valence-corrected chi connectivity index (χ4v) is 1.00. The summed E-state index contributed by atoms with van der Waals surface area (Å²) in [5.41, 5.74) is 0. The average Bonchev–Trinajstić information content (AvgIpc) is 1.89. The lowest BCUT2D eigenvalue weighted by Gasteiger charge is -2.05. The summed E-state index contributed by atoms with van der Waals surface area (Å²) in [5, 5.41) is 0. The molecule has 1 atom stereocenters. The highest BCUT2D eigenvalue weighted by molar-refractivity contribution is 7.80. The van der Waals surface area contributed by atoms with Crippen molar-refractivity contribution in [1.82, 2.24) is 0 Å². The Bertz CT molecular complexity index is 52.5. The summed E-state index contributed by atoms with van der Waals surface area (Å²) in [6, 6.07) is 0. The third-order valence-electron chi connectivity index (χ3n) is 1.79. The Hall–Kier alpha value is 0.350. The first kappa shape index (κ1) is 9.35. The molecule has 0 nitrogen and oxygen atoms in total. The molecular formula is C8H17S. The highest BCUT2D eigenvalue weighted by Crippen LogP contribution is 2.10. The van der Waals surface area contributed by atoms with Gasteiger partial charge in [-0.05, 0) is 12.3 Å². The van der Waals surface area contributed by atoms with Crippen molar-refractivity contribution in [2.24, 2.45) is 5.92 Å². The van der Waals surface area contributed by atoms with Crippen molar-refractivity contribution >= 4 is 12.6 Å². The highest BCUT2D eigenvalue weighted by atomic mass is 32.1. The summed E-state index contributed by atoms with van der Waals surface area (Å²) in [4.78, 5) is 0. The minimum absolute atomic E-state index is 0.909. The van der Waals surface area contributed by atoms with E-state index in [0.29, 0.717) is 0 Å². The van der Waals surface area contributed by atoms with Gasteiger partial charge in [0.25, 0.3) is 0 Å². The second-order valence-corrected chi connectivity index (χ2v) is 3.12. The van der Waals surface area contributed by atoms with Crippen molar-refractivity contribution in [3.63, 3.8) is 0 Å². The molecule has 0 N–H and O–H groups in total. The molecule has 1 heteroatoms.